The Labute approximate surface area is 119 Å². The molecule has 0 atom stereocenters. The number of rotatable bonds is 7. The lowest BCUT2D eigenvalue weighted by atomic mass is 10.1. The van der Waals surface area contributed by atoms with Gasteiger partial charge >= 0.3 is 16.2 Å². The normalized spacial score (nSPS) is 11.6. The van der Waals surface area contributed by atoms with Crippen LogP contribution < -0.4 is 4.72 Å². The fraction of sp³-hybridized carbons (Fsp3) is 0.462. The van der Waals surface area contributed by atoms with Crippen molar-refractivity contribution in [3.63, 3.8) is 0 Å². The van der Waals surface area contributed by atoms with E-state index in [1.54, 1.807) is 0 Å². The molecule has 0 saturated heterocycles. The van der Waals surface area contributed by atoms with Crippen LogP contribution in [0.4, 0.5) is 5.69 Å². The van der Waals surface area contributed by atoms with Gasteiger partial charge in [0.1, 0.15) is 0 Å². The van der Waals surface area contributed by atoms with Gasteiger partial charge in [0, 0.05) is 13.6 Å². The van der Waals surface area contributed by atoms with E-state index in [0.717, 1.165) is 15.4 Å². The molecule has 0 aliphatic heterocycles. The number of hydrogen-bond acceptors (Lipinski definition) is 3. The van der Waals surface area contributed by atoms with Gasteiger partial charge in [-0.05, 0) is 24.5 Å². The molecule has 1 aromatic carbocycles. The highest BCUT2D eigenvalue weighted by Gasteiger charge is 2.20. The highest BCUT2D eigenvalue weighted by molar-refractivity contribution is 7.90. The Bertz CT molecular complexity index is 584. The zero-order valence-electron chi connectivity index (χ0n) is 11.9. The van der Waals surface area contributed by atoms with Gasteiger partial charge in [-0.15, -0.1) is 0 Å². The first-order valence-electron chi connectivity index (χ1n) is 6.32. The van der Waals surface area contributed by atoms with Crippen molar-refractivity contribution < 1.29 is 18.3 Å². The standard InChI is InChI=1S/C13H20N2O4S/c1-4-11-7-5-6-10(2)13(11)14-20(18,19)15(3)9-8-12(16)17/h5-7,14H,4,8-9H2,1-3H3,(H,16,17). The summed E-state index contributed by atoms with van der Waals surface area (Å²) in [4.78, 5) is 10.5. The van der Waals surface area contributed by atoms with Crippen LogP contribution in [0.2, 0.25) is 0 Å². The highest BCUT2D eigenvalue weighted by atomic mass is 32.2. The van der Waals surface area contributed by atoms with Crippen molar-refractivity contribution in [1.82, 2.24) is 4.31 Å². The summed E-state index contributed by atoms with van der Waals surface area (Å²) in [5.41, 5.74) is 2.30. The van der Waals surface area contributed by atoms with Crippen molar-refractivity contribution in [1.29, 1.82) is 0 Å². The van der Waals surface area contributed by atoms with Gasteiger partial charge in [0.15, 0.2) is 0 Å². The summed E-state index contributed by atoms with van der Waals surface area (Å²) >= 11 is 0. The first kappa shape index (κ1) is 16.5. The maximum absolute atomic E-state index is 12.2. The molecule has 7 heteroatoms. The molecule has 112 valence electrons. The van der Waals surface area contributed by atoms with Gasteiger partial charge in [-0.25, -0.2) is 0 Å². The molecule has 0 spiro atoms. The van der Waals surface area contributed by atoms with Gasteiger partial charge in [0.2, 0.25) is 0 Å². The topological polar surface area (TPSA) is 86.7 Å². The van der Waals surface area contributed by atoms with E-state index in [2.05, 4.69) is 4.72 Å². The highest BCUT2D eigenvalue weighted by Crippen LogP contribution is 2.22. The van der Waals surface area contributed by atoms with Crippen LogP contribution in [-0.4, -0.2) is 37.4 Å². The first-order chi connectivity index (χ1) is 9.27. The molecule has 20 heavy (non-hydrogen) atoms. The van der Waals surface area contributed by atoms with E-state index in [9.17, 15) is 13.2 Å². The lowest BCUT2D eigenvalue weighted by Crippen LogP contribution is -2.34. The summed E-state index contributed by atoms with van der Waals surface area (Å²) in [6.07, 6.45) is 0.476. The van der Waals surface area contributed by atoms with Crippen molar-refractivity contribution >= 4 is 21.9 Å². The molecule has 0 unspecified atom stereocenters. The van der Waals surface area contributed by atoms with Crippen LogP contribution in [0.3, 0.4) is 0 Å². The lowest BCUT2D eigenvalue weighted by Gasteiger charge is -2.20. The zero-order valence-corrected chi connectivity index (χ0v) is 12.7. The number of para-hydroxylation sites is 1. The largest absolute Gasteiger partial charge is 0.481 e. The molecular weight excluding hydrogens is 280 g/mol. The van der Waals surface area contributed by atoms with Gasteiger partial charge in [-0.3, -0.25) is 9.52 Å². The molecule has 0 aliphatic rings. The van der Waals surface area contributed by atoms with E-state index in [1.165, 1.54) is 7.05 Å². The molecule has 0 saturated carbocycles. The fourth-order valence-corrected chi connectivity index (χ4v) is 2.79. The minimum absolute atomic E-state index is 0.0714. The average Bonchev–Trinajstić information content (AvgIpc) is 2.38. The number of aryl methyl sites for hydroxylation is 2. The number of hydrogen-bond donors (Lipinski definition) is 2. The number of nitrogens with one attached hydrogen (secondary N) is 1. The van der Waals surface area contributed by atoms with Gasteiger partial charge in [0.25, 0.3) is 0 Å². The number of anilines is 1. The molecule has 0 aromatic heterocycles. The summed E-state index contributed by atoms with van der Waals surface area (Å²) in [6.45, 7) is 3.70. The molecule has 0 fully saturated rings. The minimum Gasteiger partial charge on any atom is -0.481 e. The molecular formula is C13H20N2O4S. The Kier molecular flexibility index (Phi) is 5.52. The summed E-state index contributed by atoms with van der Waals surface area (Å²) in [6, 6.07) is 5.57. The molecule has 1 aromatic rings. The Morgan fingerprint density at radius 3 is 2.60 bits per heavy atom. The smallest absolute Gasteiger partial charge is 0.304 e. The third kappa shape index (κ3) is 4.21. The van der Waals surface area contributed by atoms with Crippen LogP contribution in [0.1, 0.15) is 24.5 Å². The maximum atomic E-state index is 12.2. The van der Waals surface area contributed by atoms with Crippen LogP contribution in [0.5, 0.6) is 0 Å². The van der Waals surface area contributed by atoms with Crippen molar-refractivity contribution in [3.8, 4) is 0 Å². The van der Waals surface area contributed by atoms with E-state index >= 15 is 0 Å². The molecule has 2 N–H and O–H groups in total. The molecule has 0 heterocycles. The van der Waals surface area contributed by atoms with Crippen LogP contribution in [0, 0.1) is 6.92 Å². The Morgan fingerprint density at radius 1 is 1.40 bits per heavy atom. The Morgan fingerprint density at radius 2 is 2.05 bits per heavy atom. The average molecular weight is 300 g/mol. The van der Waals surface area contributed by atoms with E-state index in [1.807, 2.05) is 32.0 Å². The number of carboxylic acids is 1. The van der Waals surface area contributed by atoms with Crippen molar-refractivity contribution in [2.75, 3.05) is 18.3 Å². The summed E-state index contributed by atoms with van der Waals surface area (Å²) < 4.78 is 27.9. The molecule has 1 rings (SSSR count). The van der Waals surface area contributed by atoms with E-state index in [-0.39, 0.29) is 13.0 Å². The second-order valence-corrected chi connectivity index (χ2v) is 6.31. The lowest BCUT2D eigenvalue weighted by molar-refractivity contribution is -0.137. The van der Waals surface area contributed by atoms with Crippen LogP contribution in [0.25, 0.3) is 0 Å². The van der Waals surface area contributed by atoms with E-state index < -0.39 is 16.2 Å². The number of carbonyl (C=O) groups is 1. The van der Waals surface area contributed by atoms with E-state index in [0.29, 0.717) is 12.1 Å². The number of carboxylic acid groups (broad SMARTS) is 1. The van der Waals surface area contributed by atoms with Crippen molar-refractivity contribution in [2.45, 2.75) is 26.7 Å². The minimum atomic E-state index is -3.74. The Hall–Kier alpha value is -1.60. The van der Waals surface area contributed by atoms with Gasteiger partial charge in [-0.1, -0.05) is 25.1 Å². The fourth-order valence-electron chi connectivity index (χ4n) is 1.75. The number of benzene rings is 1. The molecule has 0 aliphatic carbocycles. The van der Waals surface area contributed by atoms with Gasteiger partial charge in [0.05, 0.1) is 12.1 Å². The summed E-state index contributed by atoms with van der Waals surface area (Å²) in [5.74, 6) is -1.03. The first-order valence-corrected chi connectivity index (χ1v) is 7.76. The van der Waals surface area contributed by atoms with Gasteiger partial charge in [-0.2, -0.15) is 12.7 Å². The second kappa shape index (κ2) is 6.71. The third-order valence-electron chi connectivity index (χ3n) is 3.02. The SMILES string of the molecule is CCc1cccc(C)c1NS(=O)(=O)N(C)CCC(=O)O. The zero-order chi connectivity index (χ0) is 15.3. The van der Waals surface area contributed by atoms with Crippen LogP contribution >= 0.6 is 0 Å². The molecule has 0 amide bonds. The van der Waals surface area contributed by atoms with Crippen molar-refractivity contribution in [2.24, 2.45) is 0 Å². The van der Waals surface area contributed by atoms with Gasteiger partial charge < -0.3 is 5.11 Å². The van der Waals surface area contributed by atoms with Crippen molar-refractivity contribution in [3.05, 3.63) is 29.3 Å². The molecule has 0 radical (unpaired) electrons. The maximum Gasteiger partial charge on any atom is 0.304 e. The molecule has 6 nitrogen and oxygen atoms in total. The predicted octanol–water partition coefficient (Wildman–Crippen LogP) is 1.62. The predicted molar refractivity (Wildman–Crippen MR) is 78.0 cm³/mol. The second-order valence-electron chi connectivity index (χ2n) is 4.53. The number of aliphatic carboxylic acids is 1. The summed E-state index contributed by atoms with van der Waals surface area (Å²) in [5, 5.41) is 8.60. The summed E-state index contributed by atoms with van der Waals surface area (Å²) in [7, 11) is -2.39. The quantitative estimate of drug-likeness (QED) is 0.801. The molecule has 0 bridgehead atoms. The van der Waals surface area contributed by atoms with Crippen LogP contribution in [-0.2, 0) is 21.4 Å². The van der Waals surface area contributed by atoms with E-state index in [4.69, 9.17) is 5.11 Å². The van der Waals surface area contributed by atoms with Crippen LogP contribution in [0.15, 0.2) is 18.2 Å². The monoisotopic (exact) mass is 300 g/mol. The number of nitrogens with zero attached hydrogens (tertiary/aromatic N) is 1. The Balaban J connectivity index is 2.94. The third-order valence-corrected chi connectivity index (χ3v) is 4.49.